The Morgan fingerprint density at radius 2 is 2.16 bits per heavy atom. The summed E-state index contributed by atoms with van der Waals surface area (Å²) in [6.07, 6.45) is -0.580. The van der Waals surface area contributed by atoms with Crippen molar-refractivity contribution in [1.29, 1.82) is 0 Å². The topological polar surface area (TPSA) is 64.7 Å². The normalized spacial score (nSPS) is 14.3. The number of thioether (sulfide) groups is 1. The van der Waals surface area contributed by atoms with E-state index in [0.29, 0.717) is 23.1 Å². The number of methoxy groups -OCH3 is 1. The minimum Gasteiger partial charge on any atom is -0.398 e. The van der Waals surface area contributed by atoms with Crippen LogP contribution in [0.3, 0.4) is 0 Å². The van der Waals surface area contributed by atoms with Crippen LogP contribution >= 0.6 is 23.4 Å². The van der Waals surface area contributed by atoms with Crippen LogP contribution in [0.4, 0.5) is 5.69 Å². The molecule has 0 saturated carbocycles. The van der Waals surface area contributed by atoms with Gasteiger partial charge in [-0.1, -0.05) is 11.6 Å². The number of aliphatic hydroxyl groups is 1. The number of hydrogen-bond donors (Lipinski definition) is 2. The van der Waals surface area contributed by atoms with Gasteiger partial charge in [-0.05, 0) is 25.1 Å². The largest absolute Gasteiger partial charge is 0.398 e. The number of nitrogens with two attached hydrogens (primary N) is 1. The molecule has 0 amide bonds. The quantitative estimate of drug-likeness (QED) is 0.570. The lowest BCUT2D eigenvalue weighted by Crippen LogP contribution is -2.24. The molecular formula is C13H20ClNO3S. The molecule has 0 aliphatic carbocycles. The Morgan fingerprint density at radius 3 is 2.84 bits per heavy atom. The lowest BCUT2D eigenvalue weighted by atomic mass is 10.3. The second kappa shape index (κ2) is 8.66. The van der Waals surface area contributed by atoms with Crippen LogP contribution in [0.1, 0.15) is 6.92 Å². The van der Waals surface area contributed by atoms with Crippen LogP contribution < -0.4 is 5.73 Å². The van der Waals surface area contributed by atoms with Crippen molar-refractivity contribution in [2.24, 2.45) is 0 Å². The first-order valence-electron chi connectivity index (χ1n) is 5.99. The maximum Gasteiger partial charge on any atom is 0.0867 e. The Balaban J connectivity index is 2.33. The van der Waals surface area contributed by atoms with E-state index in [0.717, 1.165) is 4.90 Å². The molecule has 19 heavy (non-hydrogen) atoms. The minimum atomic E-state index is -0.553. The third-order valence-electron chi connectivity index (χ3n) is 2.38. The van der Waals surface area contributed by atoms with Gasteiger partial charge in [-0.2, -0.15) is 0 Å². The molecule has 1 rings (SSSR count). The monoisotopic (exact) mass is 305 g/mol. The molecular weight excluding hydrogens is 286 g/mol. The van der Waals surface area contributed by atoms with Gasteiger partial charge in [0, 0.05) is 28.5 Å². The van der Waals surface area contributed by atoms with E-state index in [4.69, 9.17) is 26.8 Å². The Hall–Kier alpha value is -0.460. The first-order chi connectivity index (χ1) is 9.02. The van der Waals surface area contributed by atoms with Crippen LogP contribution in [-0.2, 0) is 9.47 Å². The molecule has 2 unspecified atom stereocenters. The molecule has 0 heterocycles. The molecule has 0 aliphatic heterocycles. The van der Waals surface area contributed by atoms with Gasteiger partial charge < -0.3 is 20.3 Å². The molecule has 1 aromatic carbocycles. The standard InChI is InChI=1S/C13H20ClNO3S/c1-9(6-17-2)18-7-11(16)8-19-13-5-10(14)3-4-12(13)15/h3-5,9,11,16H,6-8,15H2,1-2H3. The van der Waals surface area contributed by atoms with E-state index in [-0.39, 0.29) is 12.7 Å². The van der Waals surface area contributed by atoms with Gasteiger partial charge in [-0.25, -0.2) is 0 Å². The smallest absolute Gasteiger partial charge is 0.0867 e. The van der Waals surface area contributed by atoms with Crippen molar-refractivity contribution < 1.29 is 14.6 Å². The van der Waals surface area contributed by atoms with Gasteiger partial charge in [0.1, 0.15) is 0 Å². The fourth-order valence-corrected chi connectivity index (χ4v) is 2.58. The summed E-state index contributed by atoms with van der Waals surface area (Å²) in [5.74, 6) is 0.504. The molecule has 0 saturated heterocycles. The average molecular weight is 306 g/mol. The van der Waals surface area contributed by atoms with Gasteiger partial charge >= 0.3 is 0 Å². The molecule has 2 atom stereocenters. The molecule has 0 radical (unpaired) electrons. The summed E-state index contributed by atoms with van der Waals surface area (Å²) in [4.78, 5) is 0.872. The molecule has 108 valence electrons. The zero-order valence-corrected chi connectivity index (χ0v) is 12.7. The lowest BCUT2D eigenvalue weighted by Gasteiger charge is -2.16. The van der Waals surface area contributed by atoms with E-state index in [1.165, 1.54) is 11.8 Å². The first kappa shape index (κ1) is 16.6. The highest BCUT2D eigenvalue weighted by atomic mass is 35.5. The van der Waals surface area contributed by atoms with E-state index >= 15 is 0 Å². The van der Waals surface area contributed by atoms with Crippen molar-refractivity contribution in [1.82, 2.24) is 0 Å². The Kier molecular flexibility index (Phi) is 7.56. The third kappa shape index (κ3) is 6.49. The summed E-state index contributed by atoms with van der Waals surface area (Å²) in [6, 6.07) is 5.30. The molecule has 4 nitrogen and oxygen atoms in total. The number of aliphatic hydroxyl groups excluding tert-OH is 1. The summed E-state index contributed by atoms with van der Waals surface area (Å²) in [5.41, 5.74) is 6.49. The zero-order valence-electron chi connectivity index (χ0n) is 11.1. The number of benzene rings is 1. The SMILES string of the molecule is COCC(C)OCC(O)CSc1cc(Cl)ccc1N. The van der Waals surface area contributed by atoms with Crippen molar-refractivity contribution in [2.45, 2.75) is 24.0 Å². The van der Waals surface area contributed by atoms with Crippen molar-refractivity contribution in [3.05, 3.63) is 23.2 Å². The van der Waals surface area contributed by atoms with E-state index < -0.39 is 6.10 Å². The van der Waals surface area contributed by atoms with Gasteiger partial charge in [-0.15, -0.1) is 11.8 Å². The fourth-order valence-electron chi connectivity index (χ4n) is 1.43. The van der Waals surface area contributed by atoms with E-state index in [1.54, 1.807) is 25.3 Å². The fraction of sp³-hybridized carbons (Fsp3) is 0.538. The highest BCUT2D eigenvalue weighted by molar-refractivity contribution is 7.99. The van der Waals surface area contributed by atoms with Gasteiger partial charge in [0.15, 0.2) is 0 Å². The third-order valence-corrected chi connectivity index (χ3v) is 3.83. The second-order valence-corrected chi connectivity index (χ2v) is 5.74. The van der Waals surface area contributed by atoms with E-state index in [9.17, 15) is 5.11 Å². The summed E-state index contributed by atoms with van der Waals surface area (Å²) in [5, 5.41) is 10.5. The van der Waals surface area contributed by atoms with E-state index in [1.807, 2.05) is 6.92 Å². The van der Waals surface area contributed by atoms with Gasteiger partial charge in [-0.3, -0.25) is 0 Å². The molecule has 0 bridgehead atoms. The molecule has 3 N–H and O–H groups in total. The summed E-state index contributed by atoms with van der Waals surface area (Å²) < 4.78 is 10.4. The minimum absolute atomic E-state index is 0.0270. The molecule has 0 spiro atoms. The molecule has 0 fully saturated rings. The Labute approximate surface area is 123 Å². The number of anilines is 1. The highest BCUT2D eigenvalue weighted by Gasteiger charge is 2.10. The van der Waals surface area contributed by atoms with Crippen LogP contribution in [0.2, 0.25) is 5.02 Å². The number of halogens is 1. The number of ether oxygens (including phenoxy) is 2. The molecule has 0 aromatic heterocycles. The predicted octanol–water partition coefficient (Wildman–Crippen LogP) is 2.43. The predicted molar refractivity (Wildman–Crippen MR) is 79.9 cm³/mol. The maximum absolute atomic E-state index is 9.83. The van der Waals surface area contributed by atoms with Gasteiger partial charge in [0.25, 0.3) is 0 Å². The van der Waals surface area contributed by atoms with E-state index in [2.05, 4.69) is 0 Å². The van der Waals surface area contributed by atoms with Crippen molar-refractivity contribution in [3.63, 3.8) is 0 Å². The Morgan fingerprint density at radius 1 is 1.42 bits per heavy atom. The number of hydrogen-bond acceptors (Lipinski definition) is 5. The summed E-state index contributed by atoms with van der Waals surface area (Å²) >= 11 is 7.36. The molecule has 0 aliphatic rings. The average Bonchev–Trinajstić information content (AvgIpc) is 2.38. The zero-order chi connectivity index (χ0) is 14.3. The van der Waals surface area contributed by atoms with Crippen LogP contribution in [0.15, 0.2) is 23.1 Å². The molecule has 1 aromatic rings. The van der Waals surface area contributed by atoms with Crippen molar-refractivity contribution in [3.8, 4) is 0 Å². The van der Waals surface area contributed by atoms with Crippen molar-refractivity contribution >= 4 is 29.1 Å². The maximum atomic E-state index is 9.83. The highest BCUT2D eigenvalue weighted by Crippen LogP contribution is 2.28. The van der Waals surface area contributed by atoms with Crippen molar-refractivity contribution in [2.75, 3.05) is 31.8 Å². The second-order valence-electron chi connectivity index (χ2n) is 4.25. The number of nitrogen functional groups attached to an aromatic ring is 1. The summed E-state index contributed by atoms with van der Waals surface area (Å²) in [7, 11) is 1.62. The Bertz CT molecular complexity index is 392. The van der Waals surface area contributed by atoms with Crippen LogP contribution in [-0.4, -0.2) is 43.4 Å². The van der Waals surface area contributed by atoms with Gasteiger partial charge in [0.2, 0.25) is 0 Å². The first-order valence-corrected chi connectivity index (χ1v) is 7.35. The lowest BCUT2D eigenvalue weighted by molar-refractivity contribution is -0.0257. The van der Waals surface area contributed by atoms with Crippen LogP contribution in [0.25, 0.3) is 0 Å². The van der Waals surface area contributed by atoms with Crippen LogP contribution in [0, 0.1) is 0 Å². The molecule has 6 heteroatoms. The summed E-state index contributed by atoms with van der Waals surface area (Å²) in [6.45, 7) is 2.69. The van der Waals surface area contributed by atoms with Gasteiger partial charge in [0.05, 0.1) is 25.4 Å². The van der Waals surface area contributed by atoms with Crippen LogP contribution in [0.5, 0.6) is 0 Å². The number of rotatable bonds is 8.